The second-order valence-electron chi connectivity index (χ2n) is 14.1. The highest BCUT2D eigenvalue weighted by atomic mass is 16.3. The van der Waals surface area contributed by atoms with Gasteiger partial charge in [-0.15, -0.1) is 0 Å². The molecule has 0 bridgehead atoms. The van der Waals surface area contributed by atoms with Gasteiger partial charge in [0.05, 0.1) is 24.1 Å². The van der Waals surface area contributed by atoms with Gasteiger partial charge < -0.3 is 25.7 Å². The quantitative estimate of drug-likeness (QED) is 0.373. The normalized spacial score (nSPS) is 32.4. The number of aromatic hydroxyl groups is 1. The minimum Gasteiger partial charge on any atom is -0.507 e. The van der Waals surface area contributed by atoms with Gasteiger partial charge in [-0.25, -0.2) is 0 Å². The number of hydrogen-bond donors (Lipinski definition) is 4. The Bertz CT molecular complexity index is 1590. The number of nitrogens with zero attached hydrogens (tertiary/aromatic N) is 1. The molecule has 6 atom stereocenters. The van der Waals surface area contributed by atoms with Crippen molar-refractivity contribution in [3.8, 4) is 17.1 Å². The number of phenolic OH excluding ortho intramolecular Hbond substituents is 1. The highest BCUT2D eigenvalue weighted by molar-refractivity contribution is 6.33. The van der Waals surface area contributed by atoms with Crippen molar-refractivity contribution < 1.29 is 38.6 Å². The van der Waals surface area contributed by atoms with Crippen LogP contribution in [-0.2, 0) is 32.1 Å². The summed E-state index contributed by atoms with van der Waals surface area (Å²) in [4.78, 5) is 69.5. The van der Waals surface area contributed by atoms with Crippen LogP contribution in [0.2, 0.25) is 0 Å². The van der Waals surface area contributed by atoms with Gasteiger partial charge in [0.25, 0.3) is 0 Å². The average Bonchev–Trinajstić information content (AvgIpc) is 3.33. The number of amides is 1. The first kappa shape index (κ1) is 30.8. The highest BCUT2D eigenvalue weighted by Gasteiger charge is 2.76. The number of Topliss-reactive ketones (excluding diaryl/α,β-unsaturated/α-hetero) is 4. The number of carbonyl (C=O) groups excluding carboxylic acids is 5. The number of hydrogen-bond acceptors (Lipinski definition) is 10. The number of nitrogens with two attached hydrogens (primary N) is 1. The Kier molecular flexibility index (Phi) is 6.92. The van der Waals surface area contributed by atoms with Crippen LogP contribution < -0.4 is 11.1 Å². The zero-order valence-electron chi connectivity index (χ0n) is 25.5. The molecule has 0 radical (unpaired) electrons. The minimum atomic E-state index is -2.84. The molecule has 5 N–H and O–H groups in total. The van der Waals surface area contributed by atoms with Crippen LogP contribution in [0.4, 0.5) is 0 Å². The topological polar surface area (TPSA) is 180 Å². The molecule has 0 saturated heterocycles. The maximum Gasteiger partial charge on any atom is 0.235 e. The van der Waals surface area contributed by atoms with Crippen molar-refractivity contribution in [3.63, 3.8) is 0 Å². The molecule has 43 heavy (non-hydrogen) atoms. The Hall–Kier alpha value is -3.67. The van der Waals surface area contributed by atoms with E-state index in [-0.39, 0.29) is 29.7 Å². The predicted molar refractivity (Wildman–Crippen MR) is 155 cm³/mol. The Morgan fingerprint density at radius 3 is 2.33 bits per heavy atom. The summed E-state index contributed by atoms with van der Waals surface area (Å²) in [6, 6.07) is 5.39. The summed E-state index contributed by atoms with van der Waals surface area (Å²) in [6.07, 6.45) is 0.0236. The smallest absolute Gasteiger partial charge is 0.235 e. The predicted octanol–water partition coefficient (Wildman–Crippen LogP) is 1.80. The summed E-state index contributed by atoms with van der Waals surface area (Å²) < 4.78 is 6.13. The molecule has 2 aromatic rings. The second-order valence-corrected chi connectivity index (χ2v) is 14.1. The molecule has 11 heteroatoms. The van der Waals surface area contributed by atoms with Crippen molar-refractivity contribution in [1.29, 1.82) is 0 Å². The lowest BCUT2D eigenvalue weighted by molar-refractivity contribution is -0.203. The van der Waals surface area contributed by atoms with Gasteiger partial charge >= 0.3 is 0 Å². The van der Waals surface area contributed by atoms with Crippen LogP contribution in [0, 0.1) is 22.7 Å². The molecular formula is C32H39N3O8. The van der Waals surface area contributed by atoms with Crippen LogP contribution in [0.5, 0.6) is 5.75 Å². The maximum atomic E-state index is 14.3. The molecule has 11 nitrogen and oxygen atoms in total. The van der Waals surface area contributed by atoms with Crippen LogP contribution in [0.3, 0.4) is 0 Å². The number of aliphatic hydroxyl groups is 1. The van der Waals surface area contributed by atoms with E-state index in [1.165, 1.54) is 17.9 Å². The molecule has 2 unspecified atom stereocenters. The summed E-state index contributed by atoms with van der Waals surface area (Å²) in [5, 5.41) is 26.3. The number of primary amides is 1. The van der Waals surface area contributed by atoms with E-state index in [0.29, 0.717) is 29.2 Å². The van der Waals surface area contributed by atoms with E-state index in [9.17, 15) is 34.2 Å². The van der Waals surface area contributed by atoms with Gasteiger partial charge in [-0.05, 0) is 83.0 Å². The van der Waals surface area contributed by atoms with E-state index < -0.39 is 63.3 Å². The van der Waals surface area contributed by atoms with Crippen molar-refractivity contribution in [2.24, 2.45) is 28.4 Å². The van der Waals surface area contributed by atoms with Crippen LogP contribution >= 0.6 is 0 Å². The van der Waals surface area contributed by atoms with Crippen LogP contribution in [0.15, 0.2) is 28.7 Å². The third-order valence-corrected chi connectivity index (χ3v) is 9.59. The number of carbonyl (C=O) groups is 5. The lowest BCUT2D eigenvalue weighted by atomic mass is 9.42. The van der Waals surface area contributed by atoms with Crippen molar-refractivity contribution in [2.75, 3.05) is 14.1 Å². The van der Waals surface area contributed by atoms with Gasteiger partial charge in [0, 0.05) is 16.5 Å². The number of nitrogens with one attached hydrogen (secondary N) is 1. The number of likely N-dealkylation sites (N-methyl/N-ethyl adjacent to an activating group) is 1. The molecule has 5 rings (SSSR count). The fraction of sp³-hybridized carbons (Fsp3) is 0.531. The fourth-order valence-corrected chi connectivity index (χ4v) is 7.92. The molecular weight excluding hydrogens is 554 g/mol. The average molecular weight is 594 g/mol. The summed E-state index contributed by atoms with van der Waals surface area (Å²) in [7, 11) is 3.11. The summed E-state index contributed by atoms with van der Waals surface area (Å²) >= 11 is 0. The molecule has 3 aliphatic rings. The number of phenols is 1. The van der Waals surface area contributed by atoms with Gasteiger partial charge in [-0.3, -0.25) is 28.9 Å². The second kappa shape index (κ2) is 9.67. The van der Waals surface area contributed by atoms with Gasteiger partial charge in [0.1, 0.15) is 17.3 Å². The SMILES string of the molecule is CN(C)[C@@H]1C(=O)C(C(N)=O)C(=O)[C@@]2(O)C(=O)C3C(=O)c4c(O)ccc(-c5ccc(CNC(C)(C)C)o5)c4C[C@@]3(C)C[C@@]12C. The first-order valence-corrected chi connectivity index (χ1v) is 14.3. The molecule has 2 fully saturated rings. The summed E-state index contributed by atoms with van der Waals surface area (Å²) in [5.74, 6) is -7.96. The van der Waals surface area contributed by atoms with Crippen molar-refractivity contribution in [1.82, 2.24) is 10.2 Å². The van der Waals surface area contributed by atoms with Crippen LogP contribution in [0.1, 0.15) is 62.7 Å². The lowest BCUT2D eigenvalue weighted by Crippen LogP contribution is -2.79. The van der Waals surface area contributed by atoms with E-state index in [1.54, 1.807) is 33.2 Å². The number of fused-ring (bicyclic) bond motifs is 3. The van der Waals surface area contributed by atoms with Crippen molar-refractivity contribution in [3.05, 3.63) is 41.2 Å². The molecule has 2 saturated carbocycles. The molecule has 1 amide bonds. The summed E-state index contributed by atoms with van der Waals surface area (Å²) in [5.41, 5.74) is 0.547. The van der Waals surface area contributed by atoms with Crippen molar-refractivity contribution >= 4 is 29.0 Å². The van der Waals surface area contributed by atoms with E-state index >= 15 is 0 Å². The zero-order valence-corrected chi connectivity index (χ0v) is 25.5. The van der Waals surface area contributed by atoms with Gasteiger partial charge in [0.15, 0.2) is 34.7 Å². The van der Waals surface area contributed by atoms with E-state index in [1.807, 2.05) is 26.8 Å². The molecule has 0 spiro atoms. The lowest BCUT2D eigenvalue weighted by Gasteiger charge is -2.61. The molecule has 1 aromatic carbocycles. The molecule has 1 heterocycles. The van der Waals surface area contributed by atoms with Crippen molar-refractivity contribution in [2.45, 2.75) is 71.2 Å². The number of ketones is 4. The van der Waals surface area contributed by atoms with E-state index in [0.717, 1.165) is 0 Å². The Morgan fingerprint density at radius 2 is 1.74 bits per heavy atom. The Morgan fingerprint density at radius 1 is 1.09 bits per heavy atom. The van der Waals surface area contributed by atoms with Crippen LogP contribution in [0.25, 0.3) is 11.3 Å². The van der Waals surface area contributed by atoms with Crippen LogP contribution in [-0.4, -0.2) is 75.4 Å². The fourth-order valence-electron chi connectivity index (χ4n) is 7.92. The van der Waals surface area contributed by atoms with Gasteiger partial charge in [0.2, 0.25) is 5.91 Å². The molecule has 3 aliphatic carbocycles. The summed E-state index contributed by atoms with van der Waals surface area (Å²) in [6.45, 7) is 9.77. The Balaban J connectivity index is 1.65. The highest BCUT2D eigenvalue weighted by Crippen LogP contribution is 2.62. The molecule has 0 aliphatic heterocycles. The zero-order chi connectivity index (χ0) is 32.0. The first-order chi connectivity index (χ1) is 19.8. The van der Waals surface area contributed by atoms with E-state index in [4.69, 9.17) is 10.2 Å². The molecule has 230 valence electrons. The first-order valence-electron chi connectivity index (χ1n) is 14.3. The minimum absolute atomic E-state index is 0.0822. The molecule has 1 aromatic heterocycles. The third-order valence-electron chi connectivity index (χ3n) is 9.59. The Labute approximate surface area is 249 Å². The number of benzene rings is 1. The largest absolute Gasteiger partial charge is 0.507 e. The number of furan rings is 1. The maximum absolute atomic E-state index is 14.3. The van der Waals surface area contributed by atoms with Gasteiger partial charge in [-0.2, -0.15) is 0 Å². The van der Waals surface area contributed by atoms with E-state index in [2.05, 4.69) is 5.32 Å². The third kappa shape index (κ3) is 4.31. The monoisotopic (exact) mass is 593 g/mol. The van der Waals surface area contributed by atoms with Gasteiger partial charge in [-0.1, -0.05) is 13.8 Å². The number of rotatable bonds is 5. The standard InChI is InChI=1S/C32H39N3O8/c1-29(2,3)34-13-15-8-11-19(43-15)16-9-10-18(36)20-17(16)12-30(4)14-31(5)25(35(6)7)24(38)21(28(33)41)26(39)32(31,42)27(40)22(30)23(20)37/h8-11,21-22,25,34,36,42H,12-14H2,1-7H3,(H2,33,41)/t21?,22?,25-,30+,31+,32-/m1/s1.